The number of hydrogen-bond donors (Lipinski definition) is 0. The van der Waals surface area contributed by atoms with Crippen molar-refractivity contribution in [2.45, 2.75) is 32.2 Å². The van der Waals surface area contributed by atoms with Crippen LogP contribution in [0, 0.1) is 24.0 Å². The summed E-state index contributed by atoms with van der Waals surface area (Å²) < 4.78 is 32.1. The molecular weight excluding hydrogens is 326 g/mol. The molecule has 0 bridgehead atoms. The molecule has 0 aromatic heterocycles. The average Bonchev–Trinajstić information content (AvgIpc) is 2.87. The Bertz CT molecular complexity index is 657. The number of hydrogen-bond acceptors (Lipinski definition) is 3. The van der Waals surface area contributed by atoms with Crippen LogP contribution in [-0.2, 0) is 4.74 Å². The van der Waals surface area contributed by atoms with E-state index in [0.717, 1.165) is 44.5 Å². The minimum Gasteiger partial charge on any atom is -0.383 e. The van der Waals surface area contributed by atoms with Crippen LogP contribution in [0.15, 0.2) is 12.1 Å². The molecule has 1 atom stereocenters. The fourth-order valence-electron chi connectivity index (χ4n) is 4.35. The molecule has 25 heavy (non-hydrogen) atoms. The molecule has 3 rings (SSSR count). The summed E-state index contributed by atoms with van der Waals surface area (Å²) in [6.07, 6.45) is 2.96. The summed E-state index contributed by atoms with van der Waals surface area (Å²) in [4.78, 5) is 16.8. The van der Waals surface area contributed by atoms with Gasteiger partial charge in [0.1, 0.15) is 0 Å². The Hall–Kier alpha value is -1.53. The first-order valence-electron chi connectivity index (χ1n) is 8.79. The predicted molar refractivity (Wildman–Crippen MR) is 91.6 cm³/mol. The zero-order valence-electron chi connectivity index (χ0n) is 15.1. The maximum atomic E-state index is 13.5. The second-order valence-corrected chi connectivity index (χ2v) is 7.60. The topological polar surface area (TPSA) is 32.8 Å². The summed E-state index contributed by atoms with van der Waals surface area (Å²) in [6, 6.07) is 2.55. The van der Waals surface area contributed by atoms with Crippen molar-refractivity contribution in [3.8, 4) is 0 Å². The van der Waals surface area contributed by atoms with Gasteiger partial charge in [-0.2, -0.15) is 0 Å². The molecule has 6 heteroatoms. The Morgan fingerprint density at radius 2 is 1.92 bits per heavy atom. The number of carbonyl (C=O) groups is 1. The predicted octanol–water partition coefficient (Wildman–Crippen LogP) is 2.85. The van der Waals surface area contributed by atoms with Gasteiger partial charge in [-0.05, 0) is 56.3 Å². The highest BCUT2D eigenvalue weighted by Gasteiger charge is 2.44. The molecule has 0 radical (unpaired) electrons. The van der Waals surface area contributed by atoms with Gasteiger partial charge < -0.3 is 14.5 Å². The van der Waals surface area contributed by atoms with Gasteiger partial charge in [-0.1, -0.05) is 0 Å². The summed E-state index contributed by atoms with van der Waals surface area (Å²) in [5.41, 5.74) is 0.971. The van der Waals surface area contributed by atoms with Gasteiger partial charge in [-0.25, -0.2) is 8.78 Å². The molecule has 0 N–H and O–H groups in total. The van der Waals surface area contributed by atoms with Crippen molar-refractivity contribution in [1.29, 1.82) is 0 Å². The Morgan fingerprint density at radius 3 is 2.56 bits per heavy atom. The summed E-state index contributed by atoms with van der Waals surface area (Å²) >= 11 is 0. The van der Waals surface area contributed by atoms with Crippen molar-refractivity contribution < 1.29 is 18.3 Å². The van der Waals surface area contributed by atoms with Gasteiger partial charge in [0.25, 0.3) is 5.91 Å². The fourth-order valence-corrected chi connectivity index (χ4v) is 4.35. The molecule has 2 fully saturated rings. The van der Waals surface area contributed by atoms with Crippen LogP contribution in [0.5, 0.6) is 0 Å². The lowest BCUT2D eigenvalue weighted by atomic mass is 9.76. The van der Waals surface area contributed by atoms with Crippen molar-refractivity contribution in [2.24, 2.45) is 5.41 Å². The number of nitrogens with zero attached hydrogens (tertiary/aromatic N) is 2. The van der Waals surface area contributed by atoms with Crippen LogP contribution in [0.2, 0.25) is 0 Å². The molecule has 1 spiro atoms. The number of carbonyl (C=O) groups excluding carboxylic acids is 1. The van der Waals surface area contributed by atoms with E-state index in [4.69, 9.17) is 4.74 Å². The summed E-state index contributed by atoms with van der Waals surface area (Å²) in [7, 11) is 3.85. The van der Waals surface area contributed by atoms with E-state index in [0.29, 0.717) is 24.7 Å². The second kappa shape index (κ2) is 7.00. The van der Waals surface area contributed by atoms with Crippen LogP contribution in [0.1, 0.15) is 35.2 Å². The van der Waals surface area contributed by atoms with E-state index in [2.05, 4.69) is 11.9 Å². The molecule has 2 heterocycles. The Morgan fingerprint density at radius 1 is 1.28 bits per heavy atom. The number of methoxy groups -OCH3 is 1. The lowest BCUT2D eigenvalue weighted by Crippen LogP contribution is -2.44. The number of ether oxygens (including phenoxy) is 1. The van der Waals surface area contributed by atoms with E-state index in [1.807, 2.05) is 0 Å². The zero-order valence-corrected chi connectivity index (χ0v) is 15.1. The number of benzene rings is 1. The van der Waals surface area contributed by atoms with Crippen molar-refractivity contribution >= 4 is 5.91 Å². The fraction of sp³-hybridized carbons (Fsp3) is 0.632. The molecule has 2 saturated heterocycles. The first-order valence-corrected chi connectivity index (χ1v) is 8.79. The second-order valence-electron chi connectivity index (χ2n) is 7.60. The van der Waals surface area contributed by atoms with Crippen LogP contribution in [0.4, 0.5) is 8.78 Å². The minimum atomic E-state index is -0.970. The third-order valence-corrected chi connectivity index (χ3v) is 5.84. The van der Waals surface area contributed by atoms with Crippen molar-refractivity contribution in [1.82, 2.24) is 9.80 Å². The smallest absolute Gasteiger partial charge is 0.254 e. The molecular formula is C19H26F2N2O2. The summed E-state index contributed by atoms with van der Waals surface area (Å²) in [6.45, 7) is 4.71. The first-order chi connectivity index (χ1) is 11.8. The number of amides is 1. The van der Waals surface area contributed by atoms with Gasteiger partial charge in [-0.15, -0.1) is 0 Å². The van der Waals surface area contributed by atoms with Crippen molar-refractivity contribution in [2.75, 3.05) is 40.4 Å². The van der Waals surface area contributed by atoms with Crippen LogP contribution in [-0.4, -0.2) is 62.1 Å². The minimum absolute atomic E-state index is 0.203. The largest absolute Gasteiger partial charge is 0.383 e. The number of likely N-dealkylation sites (tertiary alicyclic amines) is 2. The number of aryl methyl sites for hydroxylation is 1. The monoisotopic (exact) mass is 352 g/mol. The standard InChI is InChI=1S/C19H26F2N2O2/c1-13-8-16(20)17(21)9-15(13)18(24)23-6-4-19(5-7-23)10-14(11-25-3)22(2)12-19/h8-9,14H,4-7,10-12H2,1-3H3/t14-/m0/s1. The van der Waals surface area contributed by atoms with E-state index < -0.39 is 11.6 Å². The molecule has 138 valence electrons. The molecule has 1 aromatic carbocycles. The maximum absolute atomic E-state index is 13.5. The van der Waals surface area contributed by atoms with Gasteiger partial charge in [0, 0.05) is 38.3 Å². The molecule has 0 aliphatic carbocycles. The summed E-state index contributed by atoms with van der Waals surface area (Å²) in [5.74, 6) is -2.09. The highest BCUT2D eigenvalue weighted by molar-refractivity contribution is 5.95. The van der Waals surface area contributed by atoms with Gasteiger partial charge in [-0.3, -0.25) is 4.79 Å². The quantitative estimate of drug-likeness (QED) is 0.839. The highest BCUT2D eigenvalue weighted by Crippen LogP contribution is 2.43. The number of likely N-dealkylation sites (N-methyl/N-ethyl adjacent to an activating group) is 1. The maximum Gasteiger partial charge on any atom is 0.254 e. The third-order valence-electron chi connectivity index (χ3n) is 5.84. The molecule has 1 aromatic rings. The molecule has 4 nitrogen and oxygen atoms in total. The SMILES string of the molecule is COC[C@@H]1CC2(CCN(C(=O)c3cc(F)c(F)cc3C)CC2)CN1C. The molecule has 2 aliphatic heterocycles. The normalized spacial score (nSPS) is 23.4. The molecule has 0 saturated carbocycles. The van der Waals surface area contributed by atoms with Crippen molar-refractivity contribution in [3.63, 3.8) is 0 Å². The van der Waals surface area contributed by atoms with E-state index in [-0.39, 0.29) is 16.9 Å². The average molecular weight is 352 g/mol. The number of halogens is 2. The highest BCUT2D eigenvalue weighted by atomic mass is 19.2. The Kier molecular flexibility index (Phi) is 5.11. The molecule has 0 unspecified atom stereocenters. The van der Waals surface area contributed by atoms with Gasteiger partial charge >= 0.3 is 0 Å². The Balaban J connectivity index is 1.67. The molecule has 2 aliphatic rings. The van der Waals surface area contributed by atoms with E-state index >= 15 is 0 Å². The van der Waals surface area contributed by atoms with Crippen molar-refractivity contribution in [3.05, 3.63) is 34.9 Å². The van der Waals surface area contributed by atoms with Crippen LogP contribution < -0.4 is 0 Å². The summed E-state index contributed by atoms with van der Waals surface area (Å²) in [5, 5.41) is 0. The zero-order chi connectivity index (χ0) is 18.2. The van der Waals surface area contributed by atoms with Crippen LogP contribution in [0.25, 0.3) is 0 Å². The molecule has 1 amide bonds. The first kappa shape index (κ1) is 18.3. The number of rotatable bonds is 3. The van der Waals surface area contributed by atoms with E-state index in [9.17, 15) is 13.6 Å². The lowest BCUT2D eigenvalue weighted by Gasteiger charge is -2.39. The van der Waals surface area contributed by atoms with Gasteiger partial charge in [0.05, 0.1) is 6.61 Å². The van der Waals surface area contributed by atoms with Gasteiger partial charge in [0.2, 0.25) is 0 Å². The Labute approximate surface area is 147 Å². The van der Waals surface area contributed by atoms with E-state index in [1.165, 1.54) is 0 Å². The lowest BCUT2D eigenvalue weighted by molar-refractivity contribution is 0.0590. The van der Waals surface area contributed by atoms with Gasteiger partial charge in [0.15, 0.2) is 11.6 Å². The third kappa shape index (κ3) is 3.55. The van der Waals surface area contributed by atoms with Crippen LogP contribution >= 0.6 is 0 Å². The van der Waals surface area contributed by atoms with Crippen LogP contribution in [0.3, 0.4) is 0 Å². The number of piperidine rings is 1. The van der Waals surface area contributed by atoms with E-state index in [1.54, 1.807) is 18.9 Å².